The number of carbonyl (C=O) groups is 3. The van der Waals surface area contributed by atoms with Crippen molar-refractivity contribution in [1.29, 1.82) is 5.26 Å². The molecule has 0 aromatic rings. The molecular weight excluding hydrogens is 266 g/mol. The molecule has 0 aliphatic carbocycles. The molecule has 0 aliphatic heterocycles. The second-order valence-electron chi connectivity index (χ2n) is 4.34. The van der Waals surface area contributed by atoms with Crippen molar-refractivity contribution in [2.45, 2.75) is 33.0 Å². The van der Waals surface area contributed by atoms with Crippen LogP contribution in [0.3, 0.4) is 0 Å². The van der Waals surface area contributed by atoms with E-state index in [1.54, 1.807) is 13.8 Å². The first-order valence-electron chi connectivity index (χ1n) is 5.85. The van der Waals surface area contributed by atoms with Gasteiger partial charge in [-0.15, -0.1) is 0 Å². The van der Waals surface area contributed by atoms with E-state index in [1.807, 2.05) is 0 Å². The first-order valence-corrected chi connectivity index (χ1v) is 5.85. The Morgan fingerprint density at radius 2 is 1.90 bits per heavy atom. The number of nitriles is 1. The highest BCUT2D eigenvalue weighted by Crippen LogP contribution is 2.14. The number of hydrogen-bond acceptors (Lipinski definition) is 6. The van der Waals surface area contributed by atoms with Gasteiger partial charge in [-0.25, -0.2) is 4.79 Å². The predicted octanol–water partition coefficient (Wildman–Crippen LogP) is 0.693. The van der Waals surface area contributed by atoms with Gasteiger partial charge in [0.15, 0.2) is 0 Å². The summed E-state index contributed by atoms with van der Waals surface area (Å²) < 4.78 is 10.0. The summed E-state index contributed by atoms with van der Waals surface area (Å²) in [6.07, 6.45) is -1.49. The Kier molecular flexibility index (Phi) is 7.18. The predicted molar refractivity (Wildman–Crippen MR) is 67.5 cm³/mol. The van der Waals surface area contributed by atoms with Crippen molar-refractivity contribution in [2.75, 3.05) is 6.61 Å². The Bertz CT molecular complexity index is 434. The van der Waals surface area contributed by atoms with E-state index in [0.29, 0.717) is 0 Å². The molecule has 0 aliphatic rings. The zero-order valence-corrected chi connectivity index (χ0v) is 11.6. The molecule has 0 aromatic carbocycles. The molecule has 0 heterocycles. The quantitative estimate of drug-likeness (QED) is 0.302. The number of ketones is 1. The molecule has 110 valence electrons. The fourth-order valence-corrected chi connectivity index (χ4v) is 1.45. The summed E-state index contributed by atoms with van der Waals surface area (Å²) in [6.45, 7) is 7.14. The average Bonchev–Trinajstić information content (AvgIpc) is 2.32. The van der Waals surface area contributed by atoms with Gasteiger partial charge >= 0.3 is 11.9 Å². The summed E-state index contributed by atoms with van der Waals surface area (Å²) in [6, 6.07) is 1.51. The number of ether oxygens (including phenoxy) is 2. The third-order valence-corrected chi connectivity index (χ3v) is 2.28. The van der Waals surface area contributed by atoms with Crippen LogP contribution in [0.1, 0.15) is 20.8 Å². The van der Waals surface area contributed by atoms with E-state index in [-0.39, 0.29) is 6.10 Å². The van der Waals surface area contributed by atoms with Crippen LogP contribution in [-0.2, 0) is 23.9 Å². The van der Waals surface area contributed by atoms with Crippen molar-refractivity contribution >= 4 is 17.7 Å². The molecule has 7 nitrogen and oxygen atoms in total. The van der Waals surface area contributed by atoms with Gasteiger partial charge in [0, 0.05) is 0 Å². The third-order valence-electron chi connectivity index (χ3n) is 2.28. The molecule has 0 bridgehead atoms. The van der Waals surface area contributed by atoms with Crippen LogP contribution in [0.5, 0.6) is 0 Å². The SMILES string of the molecule is C=C(C#N)C(=O)OCC(OC(C)C)C(C(C)=O)C(=O)O. The summed E-state index contributed by atoms with van der Waals surface area (Å²) in [5.41, 5.74) is -0.414. The topological polar surface area (TPSA) is 114 Å². The summed E-state index contributed by atoms with van der Waals surface area (Å²) in [5.74, 6) is -4.39. The second-order valence-corrected chi connectivity index (χ2v) is 4.34. The third kappa shape index (κ3) is 5.63. The largest absolute Gasteiger partial charge is 0.481 e. The van der Waals surface area contributed by atoms with Crippen LogP contribution in [0.15, 0.2) is 12.2 Å². The minimum atomic E-state index is -1.44. The molecule has 20 heavy (non-hydrogen) atoms. The van der Waals surface area contributed by atoms with E-state index >= 15 is 0 Å². The van der Waals surface area contributed by atoms with Gasteiger partial charge in [0.05, 0.1) is 6.10 Å². The molecule has 1 N–H and O–H groups in total. The van der Waals surface area contributed by atoms with Crippen molar-refractivity contribution in [3.63, 3.8) is 0 Å². The van der Waals surface area contributed by atoms with E-state index in [0.717, 1.165) is 6.92 Å². The van der Waals surface area contributed by atoms with E-state index in [1.165, 1.54) is 6.07 Å². The smallest absolute Gasteiger partial charge is 0.348 e. The van der Waals surface area contributed by atoms with Crippen LogP contribution < -0.4 is 0 Å². The Hall–Kier alpha value is -2.20. The van der Waals surface area contributed by atoms with E-state index in [9.17, 15) is 14.4 Å². The standard InChI is InChI=1S/C13H17NO6/c1-7(2)20-10(11(9(4)15)12(16)17)6-19-13(18)8(3)5-14/h7,10-11H,3,6H2,1-2,4H3,(H,16,17). The highest BCUT2D eigenvalue weighted by molar-refractivity contribution is 5.97. The normalized spacial score (nSPS) is 13.2. The minimum Gasteiger partial charge on any atom is -0.481 e. The number of nitrogens with zero attached hydrogens (tertiary/aromatic N) is 1. The molecule has 0 aromatic heterocycles. The van der Waals surface area contributed by atoms with Crippen LogP contribution in [0.4, 0.5) is 0 Å². The lowest BCUT2D eigenvalue weighted by Crippen LogP contribution is -2.40. The maximum atomic E-state index is 11.4. The van der Waals surface area contributed by atoms with Gasteiger partial charge in [0.1, 0.15) is 36.1 Å². The lowest BCUT2D eigenvalue weighted by molar-refractivity contribution is -0.162. The Morgan fingerprint density at radius 1 is 1.35 bits per heavy atom. The molecule has 0 radical (unpaired) electrons. The van der Waals surface area contributed by atoms with Gasteiger partial charge in [-0.1, -0.05) is 6.58 Å². The molecule has 0 spiro atoms. The molecule has 0 rings (SSSR count). The number of carboxylic acids is 1. The molecule has 0 amide bonds. The van der Waals surface area contributed by atoms with Gasteiger partial charge in [0.2, 0.25) is 0 Å². The monoisotopic (exact) mass is 283 g/mol. The second kappa shape index (κ2) is 8.07. The van der Waals surface area contributed by atoms with Crippen molar-refractivity contribution in [1.82, 2.24) is 0 Å². The fraction of sp³-hybridized carbons (Fsp3) is 0.538. The van der Waals surface area contributed by atoms with Gasteiger partial charge in [-0.3, -0.25) is 9.59 Å². The highest BCUT2D eigenvalue weighted by atomic mass is 16.6. The number of Topliss-reactive ketones (excluding diaryl/α,β-unsaturated/α-hetero) is 1. The van der Waals surface area contributed by atoms with E-state index in [2.05, 4.69) is 6.58 Å². The Morgan fingerprint density at radius 3 is 2.25 bits per heavy atom. The minimum absolute atomic E-state index is 0.362. The number of hydrogen-bond donors (Lipinski definition) is 1. The first-order chi connectivity index (χ1) is 9.20. The molecular formula is C13H17NO6. The van der Waals surface area contributed by atoms with Gasteiger partial charge in [-0.05, 0) is 20.8 Å². The van der Waals surface area contributed by atoms with Crippen LogP contribution in [0, 0.1) is 17.2 Å². The highest BCUT2D eigenvalue weighted by Gasteiger charge is 2.35. The maximum Gasteiger partial charge on any atom is 0.348 e. The average molecular weight is 283 g/mol. The van der Waals surface area contributed by atoms with E-state index < -0.39 is 41.9 Å². The maximum absolute atomic E-state index is 11.4. The zero-order valence-electron chi connectivity index (χ0n) is 11.6. The fourth-order valence-electron chi connectivity index (χ4n) is 1.45. The molecule has 7 heteroatoms. The molecule has 0 saturated carbocycles. The Labute approximate surface area is 116 Å². The van der Waals surface area contributed by atoms with Crippen LogP contribution in [0.2, 0.25) is 0 Å². The van der Waals surface area contributed by atoms with Crippen LogP contribution in [-0.4, -0.2) is 41.6 Å². The van der Waals surface area contributed by atoms with E-state index in [4.69, 9.17) is 19.8 Å². The molecule has 2 unspecified atom stereocenters. The van der Waals surface area contributed by atoms with Crippen LogP contribution in [0.25, 0.3) is 0 Å². The Balaban J connectivity index is 4.94. The van der Waals surface area contributed by atoms with Crippen molar-refractivity contribution in [2.24, 2.45) is 5.92 Å². The summed E-state index contributed by atoms with van der Waals surface area (Å²) in [7, 11) is 0. The summed E-state index contributed by atoms with van der Waals surface area (Å²) >= 11 is 0. The number of rotatable bonds is 8. The van der Waals surface area contributed by atoms with Gasteiger partial charge in [0.25, 0.3) is 0 Å². The van der Waals surface area contributed by atoms with Crippen LogP contribution >= 0.6 is 0 Å². The van der Waals surface area contributed by atoms with Crippen molar-refractivity contribution in [3.8, 4) is 6.07 Å². The summed E-state index contributed by atoms with van der Waals surface area (Å²) in [5, 5.41) is 17.5. The summed E-state index contributed by atoms with van der Waals surface area (Å²) in [4.78, 5) is 33.8. The van der Waals surface area contributed by atoms with Crippen molar-refractivity contribution in [3.05, 3.63) is 12.2 Å². The number of aliphatic carboxylic acids is 1. The number of esters is 1. The first kappa shape index (κ1) is 17.8. The molecule has 0 fully saturated rings. The lowest BCUT2D eigenvalue weighted by atomic mass is 9.98. The molecule has 2 atom stereocenters. The van der Waals surface area contributed by atoms with Crippen molar-refractivity contribution < 1.29 is 29.0 Å². The number of carbonyl (C=O) groups excluding carboxylic acids is 2. The lowest BCUT2D eigenvalue weighted by Gasteiger charge is -2.24. The van der Waals surface area contributed by atoms with Gasteiger partial charge < -0.3 is 14.6 Å². The van der Waals surface area contributed by atoms with Gasteiger partial charge in [-0.2, -0.15) is 5.26 Å². The molecule has 0 saturated heterocycles. The number of carboxylic acid groups (broad SMARTS) is 1. The zero-order chi connectivity index (χ0) is 15.9.